The molecule has 0 aliphatic carbocycles. The Hall–Kier alpha value is -1.82. The van der Waals surface area contributed by atoms with Gasteiger partial charge in [0.15, 0.2) is 9.84 Å². The monoisotopic (exact) mass is 280 g/mol. The van der Waals surface area contributed by atoms with Gasteiger partial charge in [0.2, 0.25) is 0 Å². The molecule has 0 radical (unpaired) electrons. The first-order chi connectivity index (χ1) is 8.90. The number of benzene rings is 1. The van der Waals surface area contributed by atoms with E-state index in [1.165, 1.54) is 6.20 Å². The fourth-order valence-corrected chi connectivity index (χ4v) is 3.57. The first-order valence-electron chi connectivity index (χ1n) is 5.87. The fourth-order valence-electron chi connectivity index (χ4n) is 1.96. The van der Waals surface area contributed by atoms with Gasteiger partial charge in [-0.2, -0.15) is 0 Å². The van der Waals surface area contributed by atoms with Crippen molar-refractivity contribution in [1.82, 2.24) is 10.2 Å². The summed E-state index contributed by atoms with van der Waals surface area (Å²) in [4.78, 5) is 13.3. The van der Waals surface area contributed by atoms with Crippen LogP contribution in [0.1, 0.15) is 11.6 Å². The number of carbonyl (C=O) groups excluding carboxylic acids is 1. The van der Waals surface area contributed by atoms with Crippen molar-refractivity contribution in [3.63, 3.8) is 0 Å². The summed E-state index contributed by atoms with van der Waals surface area (Å²) in [6.45, 7) is 0. The van der Waals surface area contributed by atoms with Crippen LogP contribution < -0.4 is 5.32 Å². The maximum atomic E-state index is 12.2. The molecule has 1 aliphatic heterocycles. The first kappa shape index (κ1) is 13.6. The smallest absolute Gasteiger partial charge is 0.264 e. The van der Waals surface area contributed by atoms with E-state index in [4.69, 9.17) is 0 Å². The van der Waals surface area contributed by atoms with E-state index >= 15 is 0 Å². The molecular weight excluding hydrogens is 264 g/mol. The van der Waals surface area contributed by atoms with E-state index in [0.717, 1.165) is 5.56 Å². The van der Waals surface area contributed by atoms with Crippen molar-refractivity contribution in [3.05, 3.63) is 47.0 Å². The zero-order valence-electron chi connectivity index (χ0n) is 10.8. The van der Waals surface area contributed by atoms with Crippen LogP contribution in [-0.2, 0) is 14.6 Å². The van der Waals surface area contributed by atoms with Gasteiger partial charge in [-0.05, 0) is 5.56 Å². The highest BCUT2D eigenvalue weighted by molar-refractivity contribution is 7.96. The molecule has 1 heterocycles. The lowest BCUT2D eigenvalue weighted by Crippen LogP contribution is -2.42. The molecule has 0 bridgehead atoms. The van der Waals surface area contributed by atoms with E-state index in [9.17, 15) is 13.2 Å². The second-order valence-corrected chi connectivity index (χ2v) is 6.68. The van der Waals surface area contributed by atoms with Crippen molar-refractivity contribution in [2.24, 2.45) is 0 Å². The molecule has 6 heteroatoms. The number of carbonyl (C=O) groups is 1. The van der Waals surface area contributed by atoms with Gasteiger partial charge in [0, 0.05) is 20.3 Å². The summed E-state index contributed by atoms with van der Waals surface area (Å²) in [7, 11) is -0.198. The molecule has 2 rings (SSSR count). The highest BCUT2D eigenvalue weighted by Crippen LogP contribution is 2.24. The van der Waals surface area contributed by atoms with Crippen LogP contribution in [0.2, 0.25) is 0 Å². The molecule has 0 spiro atoms. The average Bonchev–Trinajstić information content (AvgIpc) is 2.34. The Kier molecular flexibility index (Phi) is 3.61. The lowest BCUT2D eigenvalue weighted by molar-refractivity contribution is -0.117. The lowest BCUT2D eigenvalue weighted by atomic mass is 10.1. The second-order valence-electron chi connectivity index (χ2n) is 4.68. The third-order valence-electron chi connectivity index (χ3n) is 2.83. The van der Waals surface area contributed by atoms with Gasteiger partial charge in [-0.1, -0.05) is 30.3 Å². The zero-order valence-corrected chi connectivity index (χ0v) is 11.6. The summed E-state index contributed by atoms with van der Waals surface area (Å²) in [5.74, 6) is -0.656. The number of rotatable bonds is 2. The van der Waals surface area contributed by atoms with E-state index in [-0.39, 0.29) is 10.7 Å². The Morgan fingerprint density at radius 2 is 1.89 bits per heavy atom. The van der Waals surface area contributed by atoms with E-state index in [1.54, 1.807) is 31.1 Å². The maximum absolute atomic E-state index is 12.2. The predicted molar refractivity (Wildman–Crippen MR) is 72.9 cm³/mol. The fraction of sp³-hybridized carbons (Fsp3) is 0.308. The van der Waals surface area contributed by atoms with Crippen LogP contribution in [0.5, 0.6) is 0 Å². The third-order valence-corrected chi connectivity index (χ3v) is 4.56. The molecule has 5 nitrogen and oxygen atoms in total. The molecule has 1 aromatic rings. The van der Waals surface area contributed by atoms with Crippen LogP contribution in [0.15, 0.2) is 41.4 Å². The van der Waals surface area contributed by atoms with Gasteiger partial charge in [-0.3, -0.25) is 4.79 Å². The number of hydrogen-bond donors (Lipinski definition) is 1. The largest absolute Gasteiger partial charge is 0.382 e. The zero-order chi connectivity index (χ0) is 14.0. The molecular formula is C13H16N2O3S. The topological polar surface area (TPSA) is 66.5 Å². The molecule has 0 aromatic heterocycles. The lowest BCUT2D eigenvalue weighted by Gasteiger charge is -2.26. The summed E-state index contributed by atoms with van der Waals surface area (Å²) in [6.07, 6.45) is 1.34. The molecule has 1 atom stereocenters. The van der Waals surface area contributed by atoms with E-state index in [1.807, 2.05) is 18.2 Å². The van der Waals surface area contributed by atoms with Crippen molar-refractivity contribution in [2.45, 2.75) is 6.04 Å². The van der Waals surface area contributed by atoms with Crippen molar-refractivity contribution >= 4 is 15.7 Å². The van der Waals surface area contributed by atoms with Gasteiger partial charge in [-0.25, -0.2) is 8.42 Å². The van der Waals surface area contributed by atoms with Crippen LogP contribution in [0.25, 0.3) is 0 Å². The van der Waals surface area contributed by atoms with Crippen LogP contribution in [-0.4, -0.2) is 39.1 Å². The second kappa shape index (κ2) is 5.05. The summed E-state index contributed by atoms with van der Waals surface area (Å²) in [5.41, 5.74) is 0.795. The van der Waals surface area contributed by atoms with E-state index < -0.39 is 21.8 Å². The van der Waals surface area contributed by atoms with Crippen molar-refractivity contribution in [2.75, 3.05) is 19.8 Å². The van der Waals surface area contributed by atoms with Crippen LogP contribution >= 0.6 is 0 Å². The average molecular weight is 280 g/mol. The SMILES string of the molecule is CN(C)/C=C1\C(=O)NC(c2ccccc2)CS1(=O)=O. The molecule has 1 saturated heterocycles. The van der Waals surface area contributed by atoms with Gasteiger partial charge < -0.3 is 10.2 Å². The highest BCUT2D eigenvalue weighted by Gasteiger charge is 2.36. The van der Waals surface area contributed by atoms with Gasteiger partial charge in [0.1, 0.15) is 4.91 Å². The quantitative estimate of drug-likeness (QED) is 0.809. The van der Waals surface area contributed by atoms with Crippen molar-refractivity contribution < 1.29 is 13.2 Å². The summed E-state index contributed by atoms with van der Waals surface area (Å²) < 4.78 is 24.3. The molecule has 1 N–H and O–H groups in total. The maximum Gasteiger partial charge on any atom is 0.264 e. The van der Waals surface area contributed by atoms with Crippen molar-refractivity contribution in [3.8, 4) is 0 Å². The van der Waals surface area contributed by atoms with E-state index in [2.05, 4.69) is 5.32 Å². The first-order valence-corrected chi connectivity index (χ1v) is 7.52. The molecule has 1 unspecified atom stereocenters. The minimum atomic E-state index is -3.56. The van der Waals surface area contributed by atoms with Gasteiger partial charge >= 0.3 is 0 Å². The molecule has 1 fully saturated rings. The molecule has 1 aromatic carbocycles. The molecule has 0 saturated carbocycles. The Morgan fingerprint density at radius 1 is 1.26 bits per heavy atom. The Labute approximate surface area is 112 Å². The number of amides is 1. The number of sulfone groups is 1. The third kappa shape index (κ3) is 2.96. The van der Waals surface area contributed by atoms with Gasteiger partial charge in [0.25, 0.3) is 5.91 Å². The number of nitrogens with zero attached hydrogens (tertiary/aromatic N) is 1. The van der Waals surface area contributed by atoms with Crippen molar-refractivity contribution in [1.29, 1.82) is 0 Å². The normalized spacial score (nSPS) is 24.0. The Bertz CT molecular complexity index is 606. The van der Waals surface area contributed by atoms with Gasteiger partial charge in [0.05, 0.1) is 11.8 Å². The molecule has 102 valence electrons. The minimum Gasteiger partial charge on any atom is -0.382 e. The molecule has 19 heavy (non-hydrogen) atoms. The van der Waals surface area contributed by atoms with E-state index in [0.29, 0.717) is 0 Å². The highest BCUT2D eigenvalue weighted by atomic mass is 32.2. The summed E-state index contributed by atoms with van der Waals surface area (Å²) in [6, 6.07) is 8.61. The predicted octanol–water partition coefficient (Wildman–Crippen LogP) is 0.675. The molecule has 1 aliphatic rings. The minimum absolute atomic E-state index is 0.109. The summed E-state index contributed by atoms with van der Waals surface area (Å²) >= 11 is 0. The van der Waals surface area contributed by atoms with Crippen LogP contribution in [0.4, 0.5) is 0 Å². The standard InChI is InChI=1S/C13H16N2O3S/c1-15(2)8-12-13(16)14-11(9-19(12,17)18)10-6-4-3-5-7-10/h3-8,11H,9H2,1-2H3,(H,14,16)/b12-8+. The Morgan fingerprint density at radius 3 is 2.42 bits per heavy atom. The van der Waals surface area contributed by atoms with Gasteiger partial charge in [-0.15, -0.1) is 0 Å². The molecule has 1 amide bonds. The Balaban J connectivity index is 2.34. The number of nitrogens with one attached hydrogen (secondary N) is 1. The van der Waals surface area contributed by atoms with Crippen LogP contribution in [0.3, 0.4) is 0 Å². The van der Waals surface area contributed by atoms with Crippen LogP contribution in [0, 0.1) is 0 Å². The summed E-state index contributed by atoms with van der Waals surface area (Å²) in [5, 5.41) is 2.73. The number of hydrogen-bond acceptors (Lipinski definition) is 4.